The third-order valence-corrected chi connectivity index (χ3v) is 2.31. The maximum atomic E-state index is 12.4. The number of hydrogen-bond acceptors (Lipinski definition) is 2. The molecule has 0 saturated heterocycles. The smallest absolute Gasteiger partial charge is 0.263 e. The van der Waals surface area contributed by atoms with Crippen molar-refractivity contribution in [2.45, 2.75) is 13.0 Å². The van der Waals surface area contributed by atoms with Crippen molar-refractivity contribution in [3.05, 3.63) is 35.4 Å². The summed E-state index contributed by atoms with van der Waals surface area (Å²) < 4.78 is 24.8. The van der Waals surface area contributed by atoms with Gasteiger partial charge in [0.25, 0.3) is 6.43 Å². The molecule has 0 atom stereocenters. The Morgan fingerprint density at radius 3 is 2.71 bits per heavy atom. The molecule has 0 aromatic heterocycles. The fourth-order valence-corrected chi connectivity index (χ4v) is 1.31. The Balaban J connectivity index is 2.47. The minimum Gasteiger partial charge on any atom is -0.348 e. The number of benzene rings is 1. The summed E-state index contributed by atoms with van der Waals surface area (Å²) in [6, 6.07) is 6.17. The van der Waals surface area contributed by atoms with E-state index in [0.717, 1.165) is 5.56 Å². The predicted molar refractivity (Wildman–Crippen MR) is 61.8 cm³/mol. The van der Waals surface area contributed by atoms with Gasteiger partial charge in [-0.2, -0.15) is 0 Å². The monoisotopic (exact) mass is 242 g/mol. The van der Waals surface area contributed by atoms with Gasteiger partial charge in [-0.1, -0.05) is 18.2 Å². The van der Waals surface area contributed by atoms with E-state index in [2.05, 4.69) is 5.32 Å². The molecule has 94 valence electrons. The van der Waals surface area contributed by atoms with Crippen LogP contribution in [0.1, 0.15) is 17.6 Å². The number of halogens is 2. The zero-order valence-electron chi connectivity index (χ0n) is 9.91. The van der Waals surface area contributed by atoms with Crippen molar-refractivity contribution in [3.8, 4) is 0 Å². The molecule has 1 aromatic carbocycles. The van der Waals surface area contributed by atoms with E-state index in [0.29, 0.717) is 6.54 Å². The number of alkyl halides is 2. The highest BCUT2D eigenvalue weighted by atomic mass is 19.3. The molecule has 0 spiro atoms. The van der Waals surface area contributed by atoms with Gasteiger partial charge in [-0.15, -0.1) is 0 Å². The first-order valence-electron chi connectivity index (χ1n) is 5.28. The topological polar surface area (TPSA) is 32.3 Å². The Morgan fingerprint density at radius 1 is 1.41 bits per heavy atom. The summed E-state index contributed by atoms with van der Waals surface area (Å²) in [7, 11) is 3.34. The second kappa shape index (κ2) is 6.30. The van der Waals surface area contributed by atoms with E-state index in [1.807, 2.05) is 0 Å². The van der Waals surface area contributed by atoms with E-state index in [9.17, 15) is 13.6 Å². The van der Waals surface area contributed by atoms with Gasteiger partial charge < -0.3 is 10.2 Å². The Kier molecular flexibility index (Phi) is 5.03. The molecular weight excluding hydrogens is 226 g/mol. The molecule has 1 rings (SSSR count). The molecule has 3 nitrogen and oxygen atoms in total. The summed E-state index contributed by atoms with van der Waals surface area (Å²) in [5, 5.41) is 2.91. The number of amides is 1. The van der Waals surface area contributed by atoms with Crippen molar-refractivity contribution in [1.82, 2.24) is 10.2 Å². The van der Waals surface area contributed by atoms with Crippen LogP contribution in [0.3, 0.4) is 0 Å². The van der Waals surface area contributed by atoms with E-state index in [-0.39, 0.29) is 18.0 Å². The Morgan fingerprint density at radius 2 is 2.12 bits per heavy atom. The average Bonchev–Trinajstić information content (AvgIpc) is 2.29. The summed E-state index contributed by atoms with van der Waals surface area (Å²) in [5.74, 6) is -0.0463. The fourth-order valence-electron chi connectivity index (χ4n) is 1.31. The van der Waals surface area contributed by atoms with Gasteiger partial charge in [-0.3, -0.25) is 4.79 Å². The number of rotatable bonds is 5. The van der Waals surface area contributed by atoms with Crippen LogP contribution in [0.5, 0.6) is 0 Å². The predicted octanol–water partition coefficient (Wildman–Crippen LogP) is 1.80. The molecule has 0 fully saturated rings. The largest absolute Gasteiger partial charge is 0.348 e. The zero-order valence-corrected chi connectivity index (χ0v) is 9.91. The molecule has 17 heavy (non-hydrogen) atoms. The van der Waals surface area contributed by atoms with E-state index in [4.69, 9.17) is 0 Å². The molecule has 0 heterocycles. The van der Waals surface area contributed by atoms with Gasteiger partial charge in [-0.25, -0.2) is 8.78 Å². The molecule has 0 unspecified atom stereocenters. The number of nitrogens with one attached hydrogen (secondary N) is 1. The summed E-state index contributed by atoms with van der Waals surface area (Å²) in [6.45, 7) is 0.603. The van der Waals surface area contributed by atoms with Gasteiger partial charge in [0.05, 0.1) is 6.54 Å². The summed E-state index contributed by atoms with van der Waals surface area (Å²) in [5.41, 5.74) is 0.748. The van der Waals surface area contributed by atoms with Crippen LogP contribution in [0.2, 0.25) is 0 Å². The molecular formula is C12H16F2N2O. The van der Waals surface area contributed by atoms with E-state index in [1.54, 1.807) is 26.2 Å². The lowest BCUT2D eigenvalue weighted by Crippen LogP contribution is -2.32. The third kappa shape index (κ3) is 4.48. The number of carbonyl (C=O) groups is 1. The van der Waals surface area contributed by atoms with Gasteiger partial charge in [0.15, 0.2) is 0 Å². The highest BCUT2D eigenvalue weighted by Gasteiger charge is 2.07. The molecule has 0 aliphatic heterocycles. The first-order chi connectivity index (χ1) is 8.00. The van der Waals surface area contributed by atoms with Crippen molar-refractivity contribution in [2.75, 3.05) is 20.6 Å². The lowest BCUT2D eigenvalue weighted by molar-refractivity contribution is -0.127. The minimum absolute atomic E-state index is 0.00300. The number of likely N-dealkylation sites (N-methyl/N-ethyl adjacent to an activating group) is 1. The molecule has 5 heteroatoms. The average molecular weight is 242 g/mol. The normalized spacial score (nSPS) is 10.6. The van der Waals surface area contributed by atoms with E-state index in [1.165, 1.54) is 17.0 Å². The maximum Gasteiger partial charge on any atom is 0.263 e. The maximum absolute atomic E-state index is 12.4. The second-order valence-electron chi connectivity index (χ2n) is 3.94. The molecule has 1 aromatic rings. The summed E-state index contributed by atoms with van der Waals surface area (Å²) in [4.78, 5) is 12.7. The van der Waals surface area contributed by atoms with Crippen LogP contribution in [-0.2, 0) is 11.3 Å². The number of carbonyl (C=O) groups excluding carboxylic acids is 1. The fraction of sp³-hybridized carbons (Fsp3) is 0.417. The molecule has 0 bridgehead atoms. The molecule has 0 aliphatic rings. The van der Waals surface area contributed by atoms with Crippen molar-refractivity contribution in [2.24, 2.45) is 0 Å². The highest BCUT2D eigenvalue weighted by Crippen LogP contribution is 2.19. The van der Waals surface area contributed by atoms with Crippen LogP contribution in [0.4, 0.5) is 8.78 Å². The molecule has 0 saturated carbocycles. The SMILES string of the molecule is CN(C)C(=O)CNCc1cccc(C(F)F)c1. The number of nitrogens with zero attached hydrogens (tertiary/aromatic N) is 1. The second-order valence-corrected chi connectivity index (χ2v) is 3.94. The standard InChI is InChI=1S/C12H16F2N2O/c1-16(2)11(17)8-15-7-9-4-3-5-10(6-9)12(13)14/h3-6,12,15H,7-8H2,1-2H3. The van der Waals surface area contributed by atoms with E-state index >= 15 is 0 Å². The van der Waals surface area contributed by atoms with Crippen LogP contribution < -0.4 is 5.32 Å². The molecule has 0 aliphatic carbocycles. The summed E-state index contributed by atoms with van der Waals surface area (Å²) in [6.07, 6.45) is -2.46. The van der Waals surface area contributed by atoms with Crippen LogP contribution >= 0.6 is 0 Å². The van der Waals surface area contributed by atoms with Gasteiger partial charge in [0.1, 0.15) is 0 Å². The molecule has 1 N–H and O–H groups in total. The van der Waals surface area contributed by atoms with Gasteiger partial charge in [-0.05, 0) is 11.6 Å². The Hall–Kier alpha value is -1.49. The van der Waals surface area contributed by atoms with Crippen LogP contribution in [-0.4, -0.2) is 31.4 Å². The van der Waals surface area contributed by atoms with E-state index < -0.39 is 6.43 Å². The first-order valence-corrected chi connectivity index (χ1v) is 5.28. The van der Waals surface area contributed by atoms with Crippen molar-refractivity contribution < 1.29 is 13.6 Å². The first kappa shape index (κ1) is 13.6. The molecule has 0 radical (unpaired) electrons. The van der Waals surface area contributed by atoms with Gasteiger partial charge >= 0.3 is 0 Å². The lowest BCUT2D eigenvalue weighted by atomic mass is 10.1. The van der Waals surface area contributed by atoms with Gasteiger partial charge in [0.2, 0.25) is 5.91 Å². The number of hydrogen-bond donors (Lipinski definition) is 1. The minimum atomic E-state index is -2.46. The van der Waals surface area contributed by atoms with Crippen LogP contribution in [0, 0.1) is 0 Å². The van der Waals surface area contributed by atoms with Crippen LogP contribution in [0.15, 0.2) is 24.3 Å². The third-order valence-electron chi connectivity index (χ3n) is 2.31. The lowest BCUT2D eigenvalue weighted by Gasteiger charge is -2.11. The highest BCUT2D eigenvalue weighted by molar-refractivity contribution is 5.77. The quantitative estimate of drug-likeness (QED) is 0.854. The molecule has 1 amide bonds. The summed E-state index contributed by atoms with van der Waals surface area (Å²) >= 11 is 0. The van der Waals surface area contributed by atoms with Crippen molar-refractivity contribution >= 4 is 5.91 Å². The Labute approximate surface area is 99.4 Å². The van der Waals surface area contributed by atoms with Crippen molar-refractivity contribution in [3.63, 3.8) is 0 Å². The zero-order chi connectivity index (χ0) is 12.8. The Bertz CT molecular complexity index is 381. The van der Waals surface area contributed by atoms with Crippen molar-refractivity contribution in [1.29, 1.82) is 0 Å². The van der Waals surface area contributed by atoms with Gasteiger partial charge in [0, 0.05) is 26.2 Å². The van der Waals surface area contributed by atoms with Crippen LogP contribution in [0.25, 0.3) is 0 Å².